The molecule has 0 spiro atoms. The minimum Gasteiger partial charge on any atom is -0.362 e. The molecule has 2 rings (SSSR count). The van der Waals surface area contributed by atoms with Crippen LogP contribution in [0.4, 0.5) is 16.2 Å². The van der Waals surface area contributed by atoms with Gasteiger partial charge < -0.3 is 10.6 Å². The van der Waals surface area contributed by atoms with Gasteiger partial charge in [-0.05, 0) is 24.6 Å². The van der Waals surface area contributed by atoms with E-state index in [1.807, 2.05) is 6.92 Å². The molecule has 0 fully saturated rings. The molecule has 6 heteroatoms. The number of nitrogens with zero attached hydrogens (tertiary/aromatic N) is 2. The first kappa shape index (κ1) is 13.5. The van der Waals surface area contributed by atoms with Crippen molar-refractivity contribution < 1.29 is 4.39 Å². The molecular formula is C13H14ClFN4. The van der Waals surface area contributed by atoms with Crippen molar-refractivity contribution in [2.24, 2.45) is 0 Å². The van der Waals surface area contributed by atoms with Crippen LogP contribution in [0, 0.1) is 5.82 Å². The van der Waals surface area contributed by atoms with Gasteiger partial charge in [0.25, 0.3) is 0 Å². The summed E-state index contributed by atoms with van der Waals surface area (Å²) < 4.78 is 12.9. The van der Waals surface area contributed by atoms with Gasteiger partial charge >= 0.3 is 0 Å². The van der Waals surface area contributed by atoms with Gasteiger partial charge in [-0.1, -0.05) is 23.7 Å². The lowest BCUT2D eigenvalue weighted by Crippen LogP contribution is -2.10. The number of anilines is 2. The summed E-state index contributed by atoms with van der Waals surface area (Å²) in [4.78, 5) is 8.24. The zero-order valence-corrected chi connectivity index (χ0v) is 11.4. The summed E-state index contributed by atoms with van der Waals surface area (Å²) in [6.45, 7) is 1.95. The predicted octanol–water partition coefficient (Wildman–Crippen LogP) is 3.48. The molecule has 100 valence electrons. The number of aromatic nitrogens is 2. The van der Waals surface area contributed by atoms with Crippen LogP contribution < -0.4 is 10.6 Å². The molecule has 1 aromatic heterocycles. The molecule has 1 heterocycles. The Morgan fingerprint density at radius 2 is 1.95 bits per heavy atom. The summed E-state index contributed by atoms with van der Waals surface area (Å²) in [6, 6.07) is 6.25. The van der Waals surface area contributed by atoms with Crippen LogP contribution in [0.1, 0.15) is 18.5 Å². The van der Waals surface area contributed by atoms with Gasteiger partial charge in [0.1, 0.15) is 10.8 Å². The third-order valence-corrected chi connectivity index (χ3v) is 2.97. The molecule has 0 bridgehead atoms. The van der Waals surface area contributed by atoms with Crippen molar-refractivity contribution in [3.63, 3.8) is 0 Å². The highest BCUT2D eigenvalue weighted by Crippen LogP contribution is 2.24. The molecule has 1 unspecified atom stereocenters. The van der Waals surface area contributed by atoms with Crippen LogP contribution in [0.15, 0.2) is 30.5 Å². The topological polar surface area (TPSA) is 49.8 Å². The Balaban J connectivity index is 2.18. The lowest BCUT2D eigenvalue weighted by atomic mass is 10.1. The summed E-state index contributed by atoms with van der Waals surface area (Å²) >= 11 is 6.03. The highest BCUT2D eigenvalue weighted by Gasteiger charge is 2.10. The maximum atomic E-state index is 12.9. The molecule has 1 atom stereocenters. The Hall–Kier alpha value is -1.88. The summed E-state index contributed by atoms with van der Waals surface area (Å²) in [5.74, 6) is 0.768. The number of hydrogen-bond acceptors (Lipinski definition) is 4. The first-order valence-corrected chi connectivity index (χ1v) is 6.20. The van der Waals surface area contributed by atoms with Crippen molar-refractivity contribution >= 4 is 23.4 Å². The fraction of sp³-hybridized carbons (Fsp3) is 0.231. The van der Waals surface area contributed by atoms with Crippen LogP contribution in [0.25, 0.3) is 0 Å². The second-order valence-electron chi connectivity index (χ2n) is 4.06. The average Bonchev–Trinajstić information content (AvgIpc) is 2.42. The van der Waals surface area contributed by atoms with Crippen molar-refractivity contribution in [1.82, 2.24) is 9.97 Å². The average molecular weight is 281 g/mol. The Labute approximate surface area is 116 Å². The lowest BCUT2D eigenvalue weighted by Gasteiger charge is -2.16. The number of halogens is 2. The van der Waals surface area contributed by atoms with Crippen LogP contribution in [0.5, 0.6) is 0 Å². The maximum Gasteiger partial charge on any atom is 0.224 e. The monoisotopic (exact) mass is 280 g/mol. The van der Waals surface area contributed by atoms with Gasteiger partial charge in [0, 0.05) is 13.1 Å². The van der Waals surface area contributed by atoms with E-state index in [0.717, 1.165) is 5.56 Å². The zero-order valence-electron chi connectivity index (χ0n) is 10.6. The summed E-state index contributed by atoms with van der Waals surface area (Å²) in [5.41, 5.74) is 0.946. The molecule has 0 saturated carbocycles. The second kappa shape index (κ2) is 5.84. The molecule has 0 aliphatic rings. The SMILES string of the molecule is CNc1ncc(Cl)c(NC(C)c2ccc(F)cc2)n1. The maximum absolute atomic E-state index is 12.9. The predicted molar refractivity (Wildman–Crippen MR) is 75.0 cm³/mol. The largest absolute Gasteiger partial charge is 0.362 e. The highest BCUT2D eigenvalue weighted by molar-refractivity contribution is 6.32. The van der Waals surface area contributed by atoms with E-state index in [1.54, 1.807) is 19.2 Å². The fourth-order valence-corrected chi connectivity index (χ4v) is 1.77. The van der Waals surface area contributed by atoms with Crippen molar-refractivity contribution in [3.05, 3.63) is 46.9 Å². The van der Waals surface area contributed by atoms with Crippen molar-refractivity contribution in [2.75, 3.05) is 17.7 Å². The first-order chi connectivity index (χ1) is 9.10. The molecule has 0 radical (unpaired) electrons. The van der Waals surface area contributed by atoms with Crippen molar-refractivity contribution in [3.8, 4) is 0 Å². The molecular weight excluding hydrogens is 267 g/mol. The number of rotatable bonds is 4. The molecule has 2 N–H and O–H groups in total. The van der Waals surface area contributed by atoms with Gasteiger partial charge in [-0.25, -0.2) is 9.37 Å². The minimum absolute atomic E-state index is 0.0438. The van der Waals surface area contributed by atoms with Crippen LogP contribution >= 0.6 is 11.6 Å². The van der Waals surface area contributed by atoms with E-state index < -0.39 is 0 Å². The fourth-order valence-electron chi connectivity index (χ4n) is 1.63. The number of benzene rings is 1. The lowest BCUT2D eigenvalue weighted by molar-refractivity contribution is 0.626. The minimum atomic E-state index is -0.256. The van der Waals surface area contributed by atoms with Crippen molar-refractivity contribution in [1.29, 1.82) is 0 Å². The van der Waals surface area contributed by atoms with Crippen LogP contribution in [0.3, 0.4) is 0 Å². The Bertz CT molecular complexity index is 559. The highest BCUT2D eigenvalue weighted by atomic mass is 35.5. The van der Waals surface area contributed by atoms with E-state index in [1.165, 1.54) is 18.3 Å². The quantitative estimate of drug-likeness (QED) is 0.900. The van der Waals surface area contributed by atoms with Gasteiger partial charge in [0.2, 0.25) is 5.95 Å². The van der Waals surface area contributed by atoms with Gasteiger partial charge in [0.05, 0.1) is 6.20 Å². The van der Waals surface area contributed by atoms with Gasteiger partial charge in [0.15, 0.2) is 5.82 Å². The normalized spacial score (nSPS) is 12.0. The number of hydrogen-bond donors (Lipinski definition) is 2. The molecule has 1 aromatic carbocycles. The Kier molecular flexibility index (Phi) is 4.16. The second-order valence-corrected chi connectivity index (χ2v) is 4.46. The first-order valence-electron chi connectivity index (χ1n) is 5.82. The summed E-state index contributed by atoms with van der Waals surface area (Å²) in [5, 5.41) is 6.46. The molecule has 0 aliphatic carbocycles. The molecule has 0 saturated heterocycles. The Morgan fingerprint density at radius 1 is 1.26 bits per heavy atom. The standard InChI is InChI=1S/C13H14ClFN4/c1-8(9-3-5-10(15)6-4-9)18-12-11(14)7-17-13(16-2)19-12/h3-8H,1-2H3,(H2,16,17,18,19). The van der Waals surface area contributed by atoms with Crippen LogP contribution in [0.2, 0.25) is 5.02 Å². The summed E-state index contributed by atoms with van der Waals surface area (Å²) in [7, 11) is 1.73. The zero-order chi connectivity index (χ0) is 13.8. The molecule has 0 amide bonds. The van der Waals surface area contributed by atoms with E-state index in [4.69, 9.17) is 11.6 Å². The molecule has 0 aliphatic heterocycles. The smallest absolute Gasteiger partial charge is 0.224 e. The number of nitrogens with one attached hydrogen (secondary N) is 2. The van der Waals surface area contributed by atoms with Gasteiger partial charge in [-0.2, -0.15) is 4.98 Å². The third kappa shape index (κ3) is 3.32. The summed E-state index contributed by atoms with van der Waals surface area (Å²) in [6.07, 6.45) is 1.53. The molecule has 19 heavy (non-hydrogen) atoms. The van der Waals surface area contributed by atoms with Crippen LogP contribution in [-0.4, -0.2) is 17.0 Å². The molecule has 2 aromatic rings. The van der Waals surface area contributed by atoms with E-state index in [2.05, 4.69) is 20.6 Å². The molecule has 4 nitrogen and oxygen atoms in total. The van der Waals surface area contributed by atoms with Gasteiger partial charge in [-0.3, -0.25) is 0 Å². The van der Waals surface area contributed by atoms with Gasteiger partial charge in [-0.15, -0.1) is 0 Å². The third-order valence-electron chi connectivity index (χ3n) is 2.69. The Morgan fingerprint density at radius 3 is 2.58 bits per heavy atom. The van der Waals surface area contributed by atoms with E-state index in [0.29, 0.717) is 16.8 Å². The van der Waals surface area contributed by atoms with Crippen LogP contribution in [-0.2, 0) is 0 Å². The van der Waals surface area contributed by atoms with E-state index in [-0.39, 0.29) is 11.9 Å². The van der Waals surface area contributed by atoms with E-state index in [9.17, 15) is 4.39 Å². The van der Waals surface area contributed by atoms with E-state index >= 15 is 0 Å². The van der Waals surface area contributed by atoms with Crippen molar-refractivity contribution in [2.45, 2.75) is 13.0 Å².